The Morgan fingerprint density at radius 1 is 1.00 bits per heavy atom. The summed E-state index contributed by atoms with van der Waals surface area (Å²) in [5.41, 5.74) is 0.629. The highest BCUT2D eigenvalue weighted by Crippen LogP contribution is 2.23. The number of methoxy groups -OCH3 is 1. The fourth-order valence-corrected chi connectivity index (χ4v) is 2.69. The van der Waals surface area contributed by atoms with E-state index >= 15 is 0 Å². The molecule has 0 aliphatic heterocycles. The molecule has 0 spiro atoms. The normalized spacial score (nSPS) is 13.0. The smallest absolute Gasteiger partial charge is 0.267 e. The zero-order chi connectivity index (χ0) is 17.1. The van der Waals surface area contributed by atoms with Crippen LogP contribution >= 0.6 is 0 Å². The fraction of sp³-hybridized carbons (Fsp3) is 0.647. The van der Waals surface area contributed by atoms with Gasteiger partial charge in [-0.3, -0.25) is 0 Å². The van der Waals surface area contributed by atoms with Gasteiger partial charge in [0.05, 0.1) is 12.9 Å². The maximum Gasteiger partial charge on any atom is 0.267 e. The summed E-state index contributed by atoms with van der Waals surface area (Å²) in [5.74, 6) is 0.761. The van der Waals surface area contributed by atoms with Crippen molar-refractivity contribution in [3.8, 4) is 5.75 Å². The second kappa shape index (κ2) is 10.6. The summed E-state index contributed by atoms with van der Waals surface area (Å²) in [6, 6.07) is 7.08. The zero-order valence-corrected chi connectivity index (χ0v) is 15.1. The average molecular weight is 344 g/mol. The molecule has 23 heavy (non-hydrogen) atoms. The topological polar surface area (TPSA) is 61.8 Å². The van der Waals surface area contributed by atoms with Crippen LogP contribution in [0.15, 0.2) is 24.3 Å². The zero-order valence-electron chi connectivity index (χ0n) is 14.3. The van der Waals surface area contributed by atoms with Gasteiger partial charge in [-0.2, -0.15) is 8.42 Å². The Balaban J connectivity index is 2.38. The van der Waals surface area contributed by atoms with E-state index in [2.05, 4.69) is 6.92 Å². The molecular formula is C17H28O5S. The molecule has 5 nitrogen and oxygen atoms in total. The van der Waals surface area contributed by atoms with E-state index in [-0.39, 0.29) is 0 Å². The third-order valence-electron chi connectivity index (χ3n) is 3.40. The van der Waals surface area contributed by atoms with Crippen LogP contribution in [0.1, 0.15) is 57.3 Å². The van der Waals surface area contributed by atoms with Crippen LogP contribution in [0.25, 0.3) is 0 Å². The first-order valence-electron chi connectivity index (χ1n) is 8.10. The van der Waals surface area contributed by atoms with E-state index in [0.717, 1.165) is 18.4 Å². The SMILES string of the molecule is CCCCCCCCOc1ccc(C(OC)OS(C)(=O)=O)cc1. The minimum atomic E-state index is -3.58. The minimum absolute atomic E-state index is 0.629. The molecule has 0 aliphatic rings. The molecule has 0 radical (unpaired) electrons. The number of rotatable bonds is 12. The molecule has 1 atom stereocenters. The standard InChI is InChI=1S/C17H28O5S/c1-4-5-6-7-8-9-14-21-16-12-10-15(11-13-16)17(20-2)22-23(3,18)19/h10-13,17H,4-9,14H2,1-3H3. The molecule has 1 unspecified atom stereocenters. The predicted molar refractivity (Wildman–Crippen MR) is 91.0 cm³/mol. The van der Waals surface area contributed by atoms with Crippen molar-refractivity contribution in [1.29, 1.82) is 0 Å². The van der Waals surface area contributed by atoms with Crippen molar-refractivity contribution in [3.05, 3.63) is 29.8 Å². The van der Waals surface area contributed by atoms with Gasteiger partial charge in [-0.15, -0.1) is 0 Å². The second-order valence-corrected chi connectivity index (χ2v) is 7.15. The fourth-order valence-electron chi connectivity index (χ4n) is 2.18. The molecule has 0 amide bonds. The van der Waals surface area contributed by atoms with Crippen molar-refractivity contribution in [2.45, 2.75) is 51.7 Å². The largest absolute Gasteiger partial charge is 0.494 e. The Morgan fingerprint density at radius 3 is 2.17 bits per heavy atom. The van der Waals surface area contributed by atoms with Crippen LogP contribution < -0.4 is 4.74 Å². The van der Waals surface area contributed by atoms with Crippen LogP contribution in [0.4, 0.5) is 0 Å². The molecule has 0 heterocycles. The van der Waals surface area contributed by atoms with Crippen molar-refractivity contribution < 1.29 is 22.1 Å². The highest BCUT2D eigenvalue weighted by Gasteiger charge is 2.16. The van der Waals surface area contributed by atoms with E-state index in [4.69, 9.17) is 13.7 Å². The van der Waals surface area contributed by atoms with Crippen LogP contribution in [0.2, 0.25) is 0 Å². The van der Waals surface area contributed by atoms with Crippen LogP contribution in [0.5, 0.6) is 5.75 Å². The first-order valence-corrected chi connectivity index (χ1v) is 9.91. The summed E-state index contributed by atoms with van der Waals surface area (Å²) >= 11 is 0. The van der Waals surface area contributed by atoms with Crippen LogP contribution in [0, 0.1) is 0 Å². The lowest BCUT2D eigenvalue weighted by molar-refractivity contribution is -0.0511. The van der Waals surface area contributed by atoms with E-state index in [1.165, 1.54) is 39.2 Å². The van der Waals surface area contributed by atoms with Gasteiger partial charge in [0.2, 0.25) is 6.29 Å². The lowest BCUT2D eigenvalue weighted by Gasteiger charge is -2.15. The lowest BCUT2D eigenvalue weighted by atomic mass is 10.1. The van der Waals surface area contributed by atoms with Gasteiger partial charge in [0.1, 0.15) is 5.75 Å². The molecule has 0 aliphatic carbocycles. The van der Waals surface area contributed by atoms with Gasteiger partial charge >= 0.3 is 0 Å². The molecule has 132 valence electrons. The van der Waals surface area contributed by atoms with E-state index in [1.54, 1.807) is 24.3 Å². The highest BCUT2D eigenvalue weighted by molar-refractivity contribution is 7.85. The summed E-state index contributed by atoms with van der Waals surface area (Å²) in [5, 5.41) is 0. The summed E-state index contributed by atoms with van der Waals surface area (Å²) < 4.78 is 38.0. The van der Waals surface area contributed by atoms with Crippen molar-refractivity contribution >= 4 is 10.1 Å². The minimum Gasteiger partial charge on any atom is -0.494 e. The Bertz CT molecular complexity index is 524. The first kappa shape index (κ1) is 19.9. The molecule has 1 aromatic rings. The Labute approximate surface area is 140 Å². The number of ether oxygens (including phenoxy) is 2. The number of benzene rings is 1. The number of unbranched alkanes of at least 4 members (excludes halogenated alkanes) is 5. The van der Waals surface area contributed by atoms with Gasteiger partial charge in [-0.1, -0.05) is 51.2 Å². The molecule has 1 rings (SSSR count). The Kier molecular flexibility index (Phi) is 9.21. The molecule has 0 saturated carbocycles. The third kappa shape index (κ3) is 8.93. The van der Waals surface area contributed by atoms with Gasteiger partial charge in [-0.25, -0.2) is 4.18 Å². The Morgan fingerprint density at radius 2 is 1.61 bits per heavy atom. The Hall–Kier alpha value is -1.11. The summed E-state index contributed by atoms with van der Waals surface area (Å²) in [6.45, 7) is 2.90. The summed E-state index contributed by atoms with van der Waals surface area (Å²) in [4.78, 5) is 0. The van der Waals surface area contributed by atoms with E-state index in [1.807, 2.05) is 0 Å². The second-order valence-electron chi connectivity index (χ2n) is 5.55. The molecule has 0 N–H and O–H groups in total. The van der Waals surface area contributed by atoms with Gasteiger partial charge in [0, 0.05) is 12.7 Å². The number of hydrogen-bond donors (Lipinski definition) is 0. The maximum absolute atomic E-state index is 11.2. The summed E-state index contributed by atoms with van der Waals surface area (Å²) in [7, 11) is -2.18. The van der Waals surface area contributed by atoms with Gasteiger partial charge in [-0.05, 0) is 18.6 Å². The highest BCUT2D eigenvalue weighted by atomic mass is 32.2. The van der Waals surface area contributed by atoms with E-state index in [9.17, 15) is 8.42 Å². The molecule has 6 heteroatoms. The van der Waals surface area contributed by atoms with Crippen LogP contribution in [-0.4, -0.2) is 28.4 Å². The van der Waals surface area contributed by atoms with Crippen molar-refractivity contribution in [2.75, 3.05) is 20.0 Å². The number of hydrogen-bond acceptors (Lipinski definition) is 5. The van der Waals surface area contributed by atoms with Gasteiger partial charge in [0.15, 0.2) is 0 Å². The van der Waals surface area contributed by atoms with Crippen molar-refractivity contribution in [3.63, 3.8) is 0 Å². The molecule has 0 saturated heterocycles. The maximum atomic E-state index is 11.2. The molecule has 0 aromatic heterocycles. The van der Waals surface area contributed by atoms with Crippen molar-refractivity contribution in [2.24, 2.45) is 0 Å². The molecule has 1 aromatic carbocycles. The predicted octanol–water partition coefficient (Wildman–Crippen LogP) is 4.05. The molecular weight excluding hydrogens is 316 g/mol. The van der Waals surface area contributed by atoms with E-state index in [0.29, 0.717) is 12.2 Å². The third-order valence-corrected chi connectivity index (χ3v) is 3.92. The van der Waals surface area contributed by atoms with Gasteiger partial charge in [0.25, 0.3) is 10.1 Å². The molecule has 0 fully saturated rings. The van der Waals surface area contributed by atoms with Crippen molar-refractivity contribution in [1.82, 2.24) is 0 Å². The summed E-state index contributed by atoms with van der Waals surface area (Å²) in [6.07, 6.45) is 7.41. The molecule has 0 bridgehead atoms. The monoisotopic (exact) mass is 344 g/mol. The van der Waals surface area contributed by atoms with Crippen LogP contribution in [0.3, 0.4) is 0 Å². The van der Waals surface area contributed by atoms with Gasteiger partial charge < -0.3 is 9.47 Å². The lowest BCUT2D eigenvalue weighted by Crippen LogP contribution is -2.12. The van der Waals surface area contributed by atoms with E-state index < -0.39 is 16.4 Å². The first-order chi connectivity index (χ1) is 11.0. The quantitative estimate of drug-likeness (QED) is 0.325. The van der Waals surface area contributed by atoms with Crippen LogP contribution in [-0.2, 0) is 19.0 Å². The average Bonchev–Trinajstić information content (AvgIpc) is 2.51.